The molecule has 0 aromatic heterocycles. The fourth-order valence-electron chi connectivity index (χ4n) is 8.58. The number of carbonyl (C=O) groups excluding carboxylic acids is 1. The average Bonchev–Trinajstić information content (AvgIpc) is 3.20. The van der Waals surface area contributed by atoms with E-state index in [9.17, 15) is 4.79 Å². The van der Waals surface area contributed by atoms with Crippen LogP contribution in [0.4, 0.5) is 0 Å². The standard InChI is InChI=1S/C31H42NOSi/c1-6-7-16-25-22-32(21-24-14-10-8-11-15-24)23(2)27-19-29(32)31(25,3)30(33)20-28(27)34(4,5)26-17-12-9-13-18-26/h6,8-15,17-18,23,25,27-29H,1,7,16,19-22H2,2-5H3/q+1/t23-,25+,27+,28-,29+,31+,32+/m0/s1. The highest BCUT2D eigenvalue weighted by molar-refractivity contribution is 6.91. The Morgan fingerprint density at radius 1 is 1.09 bits per heavy atom. The number of carbonyl (C=O) groups is 1. The number of quaternary nitrogens is 1. The largest absolute Gasteiger partial charge is 0.314 e. The van der Waals surface area contributed by atoms with Crippen LogP contribution in [-0.2, 0) is 11.3 Å². The molecule has 1 saturated carbocycles. The number of Topliss-reactive ketones (excluding diaryl/α,β-unsaturated/α-hetero) is 1. The molecule has 1 aliphatic carbocycles. The molecule has 7 atom stereocenters. The van der Waals surface area contributed by atoms with Crippen molar-refractivity contribution in [3.05, 3.63) is 78.9 Å². The van der Waals surface area contributed by atoms with E-state index < -0.39 is 8.07 Å². The molecule has 2 aromatic rings. The van der Waals surface area contributed by atoms with Crippen LogP contribution in [0.15, 0.2) is 73.3 Å². The summed E-state index contributed by atoms with van der Waals surface area (Å²) in [7, 11) is -1.84. The van der Waals surface area contributed by atoms with Crippen LogP contribution in [0.2, 0.25) is 18.6 Å². The molecule has 2 saturated heterocycles. The van der Waals surface area contributed by atoms with Crippen molar-refractivity contribution >= 4 is 19.0 Å². The van der Waals surface area contributed by atoms with Gasteiger partial charge in [-0.3, -0.25) is 4.79 Å². The van der Waals surface area contributed by atoms with E-state index >= 15 is 0 Å². The zero-order valence-electron chi connectivity index (χ0n) is 21.5. The van der Waals surface area contributed by atoms with Crippen LogP contribution in [-0.4, -0.2) is 37.0 Å². The van der Waals surface area contributed by atoms with Crippen molar-refractivity contribution in [3.63, 3.8) is 0 Å². The van der Waals surface area contributed by atoms with Gasteiger partial charge in [0.05, 0.1) is 26.1 Å². The maximum Gasteiger partial charge on any atom is 0.145 e. The van der Waals surface area contributed by atoms with E-state index in [4.69, 9.17) is 0 Å². The molecule has 3 heteroatoms. The lowest BCUT2D eigenvalue weighted by atomic mass is 9.69. The number of ketones is 1. The molecule has 0 radical (unpaired) electrons. The van der Waals surface area contributed by atoms with Crippen LogP contribution in [0, 0.1) is 17.3 Å². The highest BCUT2D eigenvalue weighted by Crippen LogP contribution is 2.63. The average molecular weight is 473 g/mol. The molecule has 2 bridgehead atoms. The summed E-state index contributed by atoms with van der Waals surface area (Å²) in [5.74, 6) is 1.65. The Kier molecular flexibility index (Phi) is 6.01. The van der Waals surface area contributed by atoms with Crippen molar-refractivity contribution in [2.75, 3.05) is 6.54 Å². The van der Waals surface area contributed by atoms with Gasteiger partial charge in [-0.15, -0.1) is 6.58 Å². The highest BCUT2D eigenvalue weighted by atomic mass is 28.3. The van der Waals surface area contributed by atoms with E-state index in [0.717, 1.165) is 36.8 Å². The second-order valence-electron chi connectivity index (χ2n) is 12.3. The van der Waals surface area contributed by atoms with Crippen LogP contribution in [0.1, 0.15) is 45.1 Å². The SMILES string of the molecule is C=CCC[C@@H]1C[N@@+]2(Cc3ccccc3)[C@@H]3C[C@H]([C@@H]2C)[C@@H]([Si](C)(C)c2ccccc2)CC(=O)[C@]13C. The minimum Gasteiger partial charge on any atom is -0.314 e. The molecule has 3 aliphatic rings. The molecule has 0 amide bonds. The Morgan fingerprint density at radius 2 is 1.74 bits per heavy atom. The molecular formula is C31H42NOSi+. The van der Waals surface area contributed by atoms with E-state index in [-0.39, 0.29) is 5.41 Å². The van der Waals surface area contributed by atoms with E-state index in [1.54, 1.807) is 0 Å². The van der Waals surface area contributed by atoms with Gasteiger partial charge < -0.3 is 4.48 Å². The molecule has 34 heavy (non-hydrogen) atoms. The molecule has 0 spiro atoms. The number of hydrogen-bond donors (Lipinski definition) is 0. The van der Waals surface area contributed by atoms with E-state index in [1.807, 2.05) is 0 Å². The lowest BCUT2D eigenvalue weighted by molar-refractivity contribution is -0.965. The third kappa shape index (κ3) is 3.42. The van der Waals surface area contributed by atoms with Gasteiger partial charge in [0.1, 0.15) is 18.4 Å². The smallest absolute Gasteiger partial charge is 0.145 e. The predicted molar refractivity (Wildman–Crippen MR) is 145 cm³/mol. The third-order valence-corrected chi connectivity index (χ3v) is 15.0. The monoisotopic (exact) mass is 472 g/mol. The second kappa shape index (κ2) is 8.60. The zero-order valence-corrected chi connectivity index (χ0v) is 22.5. The number of fused-ring (bicyclic) bond motifs is 1. The van der Waals surface area contributed by atoms with Crippen LogP contribution in [0.25, 0.3) is 0 Å². The lowest BCUT2D eigenvalue weighted by Crippen LogP contribution is -2.58. The maximum atomic E-state index is 14.3. The number of hydrogen-bond acceptors (Lipinski definition) is 1. The van der Waals surface area contributed by atoms with Gasteiger partial charge in [-0.25, -0.2) is 0 Å². The lowest BCUT2D eigenvalue weighted by Gasteiger charge is -2.46. The molecular weight excluding hydrogens is 430 g/mol. The van der Waals surface area contributed by atoms with Crippen molar-refractivity contribution in [1.82, 2.24) is 0 Å². The zero-order chi connectivity index (χ0) is 24.1. The minimum absolute atomic E-state index is 0.212. The van der Waals surface area contributed by atoms with Gasteiger partial charge in [0, 0.05) is 30.2 Å². The highest BCUT2D eigenvalue weighted by Gasteiger charge is 2.72. The van der Waals surface area contributed by atoms with Gasteiger partial charge in [0.25, 0.3) is 0 Å². The summed E-state index contributed by atoms with van der Waals surface area (Å²) in [5, 5.41) is 1.51. The Bertz CT molecular complexity index is 1050. The topological polar surface area (TPSA) is 17.1 Å². The number of allylic oxidation sites excluding steroid dienone is 1. The third-order valence-electron chi connectivity index (χ3n) is 10.7. The minimum atomic E-state index is -1.84. The summed E-state index contributed by atoms with van der Waals surface area (Å²) < 4.78 is 1.12. The van der Waals surface area contributed by atoms with Crippen molar-refractivity contribution in [1.29, 1.82) is 0 Å². The summed E-state index contributed by atoms with van der Waals surface area (Å²) >= 11 is 0. The van der Waals surface area contributed by atoms with Gasteiger partial charge in [-0.1, -0.05) is 85.0 Å². The Balaban J connectivity index is 1.61. The molecule has 2 aromatic carbocycles. The first-order valence-electron chi connectivity index (χ1n) is 13.3. The van der Waals surface area contributed by atoms with Crippen molar-refractivity contribution < 1.29 is 9.28 Å². The van der Waals surface area contributed by atoms with Crippen LogP contribution in [0.3, 0.4) is 0 Å². The van der Waals surface area contributed by atoms with Crippen LogP contribution >= 0.6 is 0 Å². The quantitative estimate of drug-likeness (QED) is 0.261. The Labute approximate surface area is 207 Å². The first kappa shape index (κ1) is 23.8. The van der Waals surface area contributed by atoms with E-state index in [1.165, 1.54) is 17.2 Å². The number of benzene rings is 2. The molecule has 3 fully saturated rings. The first-order valence-corrected chi connectivity index (χ1v) is 16.4. The molecule has 0 unspecified atom stereocenters. The van der Waals surface area contributed by atoms with Crippen LogP contribution in [0.5, 0.6) is 0 Å². The fourth-order valence-corrected chi connectivity index (χ4v) is 12.2. The number of nitrogens with zero attached hydrogens (tertiary/aromatic N) is 1. The molecule has 5 rings (SSSR count). The van der Waals surface area contributed by atoms with Gasteiger partial charge in [0.2, 0.25) is 0 Å². The summed E-state index contributed by atoms with van der Waals surface area (Å²) in [6.45, 7) is 16.2. The Hall–Kier alpha value is -1.97. The number of rotatable bonds is 7. The van der Waals surface area contributed by atoms with Gasteiger partial charge >= 0.3 is 0 Å². The maximum absolute atomic E-state index is 14.3. The molecule has 2 heterocycles. The predicted octanol–water partition coefficient (Wildman–Crippen LogP) is 6.34. The van der Waals surface area contributed by atoms with E-state index in [0.29, 0.717) is 35.2 Å². The molecule has 0 N–H and O–H groups in total. The van der Waals surface area contributed by atoms with Crippen molar-refractivity contribution in [2.24, 2.45) is 17.3 Å². The first-order chi connectivity index (χ1) is 16.2. The summed E-state index contributed by atoms with van der Waals surface area (Å²) in [6.07, 6.45) is 6.16. The molecule has 2 nitrogen and oxygen atoms in total. The van der Waals surface area contributed by atoms with Gasteiger partial charge in [-0.05, 0) is 32.2 Å². The van der Waals surface area contributed by atoms with Gasteiger partial charge in [-0.2, -0.15) is 0 Å². The summed E-state index contributed by atoms with van der Waals surface area (Å²) in [5.41, 5.74) is 1.72. The molecule has 180 valence electrons. The van der Waals surface area contributed by atoms with Crippen molar-refractivity contribution in [3.8, 4) is 0 Å². The van der Waals surface area contributed by atoms with Gasteiger partial charge in [0.15, 0.2) is 0 Å². The van der Waals surface area contributed by atoms with E-state index in [2.05, 4.69) is 100 Å². The second-order valence-corrected chi connectivity index (χ2v) is 17.0. The van der Waals surface area contributed by atoms with Crippen LogP contribution < -0.4 is 5.19 Å². The summed E-state index contributed by atoms with van der Waals surface area (Å²) in [4.78, 5) is 14.3. The summed E-state index contributed by atoms with van der Waals surface area (Å²) in [6, 6.07) is 23.3. The van der Waals surface area contributed by atoms with Crippen molar-refractivity contribution in [2.45, 2.75) is 76.8 Å². The Morgan fingerprint density at radius 3 is 2.38 bits per heavy atom. The normalized spacial score (nSPS) is 36.9. The fraction of sp³-hybridized carbons (Fsp3) is 0.516. The molecule has 2 aliphatic heterocycles.